The molecule has 0 aliphatic rings. The van der Waals surface area contributed by atoms with E-state index in [0.717, 1.165) is 12.1 Å². The van der Waals surface area contributed by atoms with Crippen molar-refractivity contribution in [2.24, 2.45) is 0 Å². The average molecular weight is 323 g/mol. The zero-order chi connectivity index (χ0) is 17.0. The molecule has 0 aliphatic carbocycles. The van der Waals surface area contributed by atoms with Crippen molar-refractivity contribution in [2.45, 2.75) is 26.1 Å². The normalized spacial score (nSPS) is 11.4. The number of halogens is 3. The molecule has 2 aromatic rings. The topological polar surface area (TPSA) is 38.3 Å². The van der Waals surface area contributed by atoms with E-state index in [4.69, 9.17) is 4.74 Å². The van der Waals surface area contributed by atoms with Gasteiger partial charge in [-0.25, -0.2) is 0 Å². The molecule has 0 heterocycles. The lowest BCUT2D eigenvalue weighted by Crippen LogP contribution is -2.14. The second-order valence-electron chi connectivity index (χ2n) is 5.22. The lowest BCUT2D eigenvalue weighted by molar-refractivity contribution is -0.137. The van der Waals surface area contributed by atoms with Crippen molar-refractivity contribution in [3.05, 3.63) is 59.7 Å². The lowest BCUT2D eigenvalue weighted by Gasteiger charge is -2.11. The van der Waals surface area contributed by atoms with E-state index in [1.54, 1.807) is 24.3 Å². The molecule has 0 aliphatic heterocycles. The number of carbonyl (C=O) groups is 1. The number of anilines is 1. The number of nitrogens with one attached hydrogen (secondary N) is 1. The van der Waals surface area contributed by atoms with Crippen LogP contribution in [-0.2, 0) is 6.18 Å². The molecular weight excluding hydrogens is 307 g/mol. The summed E-state index contributed by atoms with van der Waals surface area (Å²) in [5.41, 5.74) is -0.434. The summed E-state index contributed by atoms with van der Waals surface area (Å²) >= 11 is 0. The molecule has 1 N–H and O–H groups in total. The number of alkyl halides is 3. The van der Waals surface area contributed by atoms with Crippen LogP contribution in [0.4, 0.5) is 18.9 Å². The highest BCUT2D eigenvalue weighted by Gasteiger charge is 2.30. The van der Waals surface area contributed by atoms with Crippen molar-refractivity contribution in [3.63, 3.8) is 0 Å². The number of hydrogen-bond acceptors (Lipinski definition) is 2. The van der Waals surface area contributed by atoms with Gasteiger partial charge in [0.1, 0.15) is 5.75 Å². The molecule has 0 aromatic heterocycles. The maximum atomic E-state index is 12.7. The summed E-state index contributed by atoms with van der Waals surface area (Å²) in [7, 11) is 0. The zero-order valence-corrected chi connectivity index (χ0v) is 12.6. The van der Waals surface area contributed by atoms with Gasteiger partial charge in [-0.3, -0.25) is 4.79 Å². The maximum Gasteiger partial charge on any atom is 0.416 e. The van der Waals surface area contributed by atoms with Crippen molar-refractivity contribution in [1.29, 1.82) is 0 Å². The van der Waals surface area contributed by atoms with Gasteiger partial charge >= 0.3 is 6.18 Å². The Labute approximate surface area is 132 Å². The zero-order valence-electron chi connectivity index (χ0n) is 12.6. The molecule has 0 bridgehead atoms. The van der Waals surface area contributed by atoms with Crippen LogP contribution in [0, 0.1) is 0 Å². The largest absolute Gasteiger partial charge is 0.491 e. The van der Waals surface area contributed by atoms with Gasteiger partial charge < -0.3 is 10.1 Å². The molecule has 122 valence electrons. The van der Waals surface area contributed by atoms with Crippen molar-refractivity contribution in [3.8, 4) is 5.75 Å². The lowest BCUT2D eigenvalue weighted by atomic mass is 10.1. The van der Waals surface area contributed by atoms with Crippen LogP contribution >= 0.6 is 0 Å². The SMILES string of the molecule is CC(C)Oc1ccc(NC(=O)c2cccc(C(F)(F)F)c2)cc1. The quantitative estimate of drug-likeness (QED) is 0.882. The van der Waals surface area contributed by atoms with Gasteiger partial charge in [0.15, 0.2) is 0 Å². The highest BCUT2D eigenvalue weighted by atomic mass is 19.4. The maximum absolute atomic E-state index is 12.7. The first-order valence-electron chi connectivity index (χ1n) is 7.01. The smallest absolute Gasteiger partial charge is 0.416 e. The molecule has 0 saturated carbocycles. The molecule has 6 heteroatoms. The van der Waals surface area contributed by atoms with Crippen LogP contribution in [0.25, 0.3) is 0 Å². The Hall–Kier alpha value is -2.50. The van der Waals surface area contributed by atoms with Crippen molar-refractivity contribution in [2.75, 3.05) is 5.32 Å². The molecule has 0 atom stereocenters. The summed E-state index contributed by atoms with van der Waals surface area (Å²) in [6.45, 7) is 3.78. The third-order valence-corrected chi connectivity index (χ3v) is 2.94. The third kappa shape index (κ3) is 4.74. The van der Waals surface area contributed by atoms with Crippen LogP contribution in [0.5, 0.6) is 5.75 Å². The van der Waals surface area contributed by atoms with Gasteiger partial charge in [0.2, 0.25) is 0 Å². The number of benzene rings is 2. The molecule has 0 unspecified atom stereocenters. The number of carbonyl (C=O) groups excluding carboxylic acids is 1. The van der Waals surface area contributed by atoms with E-state index in [-0.39, 0.29) is 11.7 Å². The molecule has 0 radical (unpaired) electrons. The summed E-state index contributed by atoms with van der Waals surface area (Å²) < 4.78 is 43.5. The standard InChI is InChI=1S/C17H16F3NO2/c1-11(2)23-15-8-6-14(7-9-15)21-16(22)12-4-3-5-13(10-12)17(18,19)20/h3-11H,1-2H3,(H,21,22). The van der Waals surface area contributed by atoms with E-state index in [2.05, 4.69) is 5.32 Å². The molecule has 0 fully saturated rings. The Morgan fingerprint density at radius 1 is 1.09 bits per heavy atom. The predicted molar refractivity (Wildman–Crippen MR) is 81.6 cm³/mol. The first kappa shape index (κ1) is 16.9. The summed E-state index contributed by atoms with van der Waals surface area (Å²) in [6, 6.07) is 10.9. The van der Waals surface area contributed by atoms with Crippen molar-refractivity contribution >= 4 is 11.6 Å². The number of amides is 1. The van der Waals surface area contributed by atoms with E-state index in [1.165, 1.54) is 12.1 Å². The fraction of sp³-hybridized carbons (Fsp3) is 0.235. The van der Waals surface area contributed by atoms with E-state index < -0.39 is 17.6 Å². The van der Waals surface area contributed by atoms with Gasteiger partial charge in [-0.05, 0) is 56.3 Å². The van der Waals surface area contributed by atoms with Crippen LogP contribution in [-0.4, -0.2) is 12.0 Å². The van der Waals surface area contributed by atoms with Crippen LogP contribution in [0.3, 0.4) is 0 Å². The Kier molecular flexibility index (Phi) is 4.93. The molecule has 2 rings (SSSR count). The number of hydrogen-bond donors (Lipinski definition) is 1. The van der Waals surface area contributed by atoms with Gasteiger partial charge in [-0.2, -0.15) is 13.2 Å². The van der Waals surface area contributed by atoms with Crippen LogP contribution in [0.1, 0.15) is 29.8 Å². The monoisotopic (exact) mass is 323 g/mol. The number of ether oxygens (including phenoxy) is 1. The third-order valence-electron chi connectivity index (χ3n) is 2.94. The molecule has 23 heavy (non-hydrogen) atoms. The Bertz CT molecular complexity index is 679. The van der Waals surface area contributed by atoms with Gasteiger partial charge in [-0.15, -0.1) is 0 Å². The highest BCUT2D eigenvalue weighted by molar-refractivity contribution is 6.04. The summed E-state index contributed by atoms with van der Waals surface area (Å²) in [5, 5.41) is 2.56. The second-order valence-corrected chi connectivity index (χ2v) is 5.22. The van der Waals surface area contributed by atoms with Gasteiger partial charge in [0.05, 0.1) is 11.7 Å². The molecule has 3 nitrogen and oxygen atoms in total. The molecule has 1 amide bonds. The number of rotatable bonds is 4. The minimum atomic E-state index is -4.48. The van der Waals surface area contributed by atoms with Crippen LogP contribution in [0.15, 0.2) is 48.5 Å². The van der Waals surface area contributed by atoms with E-state index in [0.29, 0.717) is 11.4 Å². The van der Waals surface area contributed by atoms with Crippen molar-refractivity contribution < 1.29 is 22.7 Å². The molecule has 2 aromatic carbocycles. The first-order valence-corrected chi connectivity index (χ1v) is 7.01. The second kappa shape index (κ2) is 6.73. The van der Waals surface area contributed by atoms with Crippen molar-refractivity contribution in [1.82, 2.24) is 0 Å². The molecule has 0 spiro atoms. The summed E-state index contributed by atoms with van der Waals surface area (Å²) in [5.74, 6) is 0.0469. The van der Waals surface area contributed by atoms with Crippen LogP contribution < -0.4 is 10.1 Å². The van der Waals surface area contributed by atoms with Gasteiger partial charge in [0.25, 0.3) is 5.91 Å². The molecular formula is C17H16F3NO2. The fourth-order valence-corrected chi connectivity index (χ4v) is 1.93. The van der Waals surface area contributed by atoms with Crippen LogP contribution in [0.2, 0.25) is 0 Å². The van der Waals surface area contributed by atoms with Gasteiger partial charge in [0, 0.05) is 11.3 Å². The van der Waals surface area contributed by atoms with E-state index in [1.807, 2.05) is 13.8 Å². The highest BCUT2D eigenvalue weighted by Crippen LogP contribution is 2.29. The Balaban J connectivity index is 2.10. The van der Waals surface area contributed by atoms with E-state index >= 15 is 0 Å². The van der Waals surface area contributed by atoms with Gasteiger partial charge in [-0.1, -0.05) is 6.07 Å². The minimum absolute atomic E-state index is 0.0283. The fourth-order valence-electron chi connectivity index (χ4n) is 1.93. The minimum Gasteiger partial charge on any atom is -0.491 e. The summed E-state index contributed by atoms with van der Waals surface area (Å²) in [6.07, 6.45) is -4.45. The summed E-state index contributed by atoms with van der Waals surface area (Å²) in [4.78, 5) is 12.0. The predicted octanol–water partition coefficient (Wildman–Crippen LogP) is 4.74. The Morgan fingerprint density at radius 3 is 2.30 bits per heavy atom. The molecule has 0 saturated heterocycles. The average Bonchev–Trinajstić information content (AvgIpc) is 2.48. The van der Waals surface area contributed by atoms with E-state index in [9.17, 15) is 18.0 Å². The first-order chi connectivity index (χ1) is 10.8. The Morgan fingerprint density at radius 2 is 1.74 bits per heavy atom.